The van der Waals surface area contributed by atoms with Crippen LogP contribution >= 0.6 is 11.6 Å². The van der Waals surface area contributed by atoms with Crippen LogP contribution in [-0.4, -0.2) is 16.1 Å². The summed E-state index contributed by atoms with van der Waals surface area (Å²) in [6, 6.07) is 4.16. The second-order valence-electron chi connectivity index (χ2n) is 3.65. The van der Waals surface area contributed by atoms with Crippen molar-refractivity contribution in [3.05, 3.63) is 46.5 Å². The number of H-pyrrole nitrogens is 1. The third-order valence-electron chi connectivity index (χ3n) is 2.49. The predicted molar refractivity (Wildman–Crippen MR) is 62.9 cm³/mol. The minimum atomic E-state index is -1.12. The number of aryl methyl sites for hydroxylation is 1. The first kappa shape index (κ1) is 11.7. The Hall–Kier alpha value is -1.81. The average molecular weight is 254 g/mol. The maximum Gasteiger partial charge on any atom is 0.352 e. The Morgan fingerprint density at radius 2 is 2.18 bits per heavy atom. The van der Waals surface area contributed by atoms with Crippen LogP contribution in [0.1, 0.15) is 16.1 Å². The van der Waals surface area contributed by atoms with Crippen LogP contribution in [0.5, 0.6) is 0 Å². The second-order valence-corrected chi connectivity index (χ2v) is 4.09. The highest BCUT2D eigenvalue weighted by Gasteiger charge is 2.18. The lowest BCUT2D eigenvalue weighted by atomic mass is 10.0. The maximum atomic E-state index is 13.7. The van der Waals surface area contributed by atoms with Gasteiger partial charge in [0.05, 0.1) is 0 Å². The lowest BCUT2D eigenvalue weighted by Crippen LogP contribution is -2.00. The zero-order valence-electron chi connectivity index (χ0n) is 8.92. The molecular formula is C12H9ClFNO2. The van der Waals surface area contributed by atoms with Gasteiger partial charge in [-0.3, -0.25) is 0 Å². The molecule has 0 atom stereocenters. The molecule has 88 valence electrons. The van der Waals surface area contributed by atoms with Crippen molar-refractivity contribution in [3.8, 4) is 11.1 Å². The van der Waals surface area contributed by atoms with Crippen molar-refractivity contribution >= 4 is 17.6 Å². The Labute approximate surface area is 102 Å². The Morgan fingerprint density at radius 3 is 2.76 bits per heavy atom. The summed E-state index contributed by atoms with van der Waals surface area (Å²) in [4.78, 5) is 13.6. The van der Waals surface area contributed by atoms with Gasteiger partial charge >= 0.3 is 5.97 Å². The fourth-order valence-electron chi connectivity index (χ4n) is 1.73. The van der Waals surface area contributed by atoms with E-state index in [1.54, 1.807) is 6.92 Å². The van der Waals surface area contributed by atoms with Crippen molar-refractivity contribution in [2.75, 3.05) is 0 Å². The van der Waals surface area contributed by atoms with Gasteiger partial charge in [0.2, 0.25) is 0 Å². The van der Waals surface area contributed by atoms with Crippen molar-refractivity contribution in [3.63, 3.8) is 0 Å². The van der Waals surface area contributed by atoms with E-state index in [4.69, 9.17) is 16.7 Å². The number of nitrogens with one attached hydrogen (secondary N) is 1. The Balaban J connectivity index is 2.67. The number of carbonyl (C=O) groups is 1. The molecule has 1 heterocycles. The van der Waals surface area contributed by atoms with Crippen LogP contribution in [0.15, 0.2) is 24.4 Å². The fraction of sp³-hybridized carbons (Fsp3) is 0.0833. The molecule has 0 saturated heterocycles. The standard InChI is InChI=1S/C12H9ClFNO2/c1-6-5-15-11(12(16)17)10(6)8-3-2-7(13)4-9(8)14/h2-5,15H,1H3,(H,16,17). The monoisotopic (exact) mass is 253 g/mol. The maximum absolute atomic E-state index is 13.7. The normalized spacial score (nSPS) is 10.5. The first-order chi connectivity index (χ1) is 8.00. The van der Waals surface area contributed by atoms with Crippen LogP contribution in [0.3, 0.4) is 0 Å². The van der Waals surface area contributed by atoms with Gasteiger partial charge in [0.15, 0.2) is 0 Å². The zero-order chi connectivity index (χ0) is 12.6. The Bertz CT molecular complexity index is 592. The molecule has 0 aliphatic rings. The highest BCUT2D eigenvalue weighted by atomic mass is 35.5. The molecule has 0 aliphatic heterocycles. The van der Waals surface area contributed by atoms with Gasteiger partial charge in [-0.2, -0.15) is 0 Å². The van der Waals surface area contributed by atoms with Crippen molar-refractivity contribution < 1.29 is 14.3 Å². The van der Waals surface area contributed by atoms with Crippen molar-refractivity contribution in [2.24, 2.45) is 0 Å². The molecule has 17 heavy (non-hydrogen) atoms. The summed E-state index contributed by atoms with van der Waals surface area (Å²) in [7, 11) is 0. The third kappa shape index (κ3) is 2.03. The molecule has 2 aromatic rings. The number of hydrogen-bond donors (Lipinski definition) is 2. The first-order valence-corrected chi connectivity index (χ1v) is 5.25. The van der Waals surface area contributed by atoms with Crippen molar-refractivity contribution in [1.29, 1.82) is 0 Å². The summed E-state index contributed by atoms with van der Waals surface area (Å²) in [6.45, 7) is 1.71. The van der Waals surface area contributed by atoms with Gasteiger partial charge in [-0.15, -0.1) is 0 Å². The van der Waals surface area contributed by atoms with Crippen LogP contribution in [0.2, 0.25) is 5.02 Å². The number of hydrogen-bond acceptors (Lipinski definition) is 1. The third-order valence-corrected chi connectivity index (χ3v) is 2.73. The fourth-order valence-corrected chi connectivity index (χ4v) is 1.89. The summed E-state index contributed by atoms with van der Waals surface area (Å²) in [5.74, 6) is -1.66. The van der Waals surface area contributed by atoms with Crippen molar-refractivity contribution in [1.82, 2.24) is 4.98 Å². The molecule has 0 spiro atoms. The number of benzene rings is 1. The summed E-state index contributed by atoms with van der Waals surface area (Å²) in [6.07, 6.45) is 1.53. The lowest BCUT2D eigenvalue weighted by molar-refractivity contribution is 0.0692. The number of carboxylic acids is 1. The lowest BCUT2D eigenvalue weighted by Gasteiger charge is -2.05. The molecule has 0 fully saturated rings. The van der Waals surface area contributed by atoms with E-state index < -0.39 is 11.8 Å². The molecule has 2 N–H and O–H groups in total. The molecule has 3 nitrogen and oxygen atoms in total. The summed E-state index contributed by atoms with van der Waals surface area (Å²) >= 11 is 5.66. The largest absolute Gasteiger partial charge is 0.477 e. The van der Waals surface area contributed by atoms with Gasteiger partial charge < -0.3 is 10.1 Å². The molecule has 1 aromatic carbocycles. The highest BCUT2D eigenvalue weighted by Crippen LogP contribution is 2.30. The van der Waals surface area contributed by atoms with Gasteiger partial charge in [-0.05, 0) is 30.7 Å². The van der Waals surface area contributed by atoms with Crippen LogP contribution in [0.25, 0.3) is 11.1 Å². The van der Waals surface area contributed by atoms with Gasteiger partial charge in [0, 0.05) is 22.3 Å². The summed E-state index contributed by atoms with van der Waals surface area (Å²) < 4.78 is 13.7. The molecule has 0 saturated carbocycles. The number of aromatic carboxylic acids is 1. The van der Waals surface area contributed by atoms with Gasteiger partial charge in [0.1, 0.15) is 11.5 Å². The van der Waals surface area contributed by atoms with Crippen LogP contribution in [0, 0.1) is 12.7 Å². The minimum absolute atomic E-state index is 0.0243. The van der Waals surface area contributed by atoms with E-state index in [1.807, 2.05) is 0 Å². The molecule has 2 rings (SSSR count). The summed E-state index contributed by atoms with van der Waals surface area (Å²) in [5.41, 5.74) is 1.23. The first-order valence-electron chi connectivity index (χ1n) is 4.87. The summed E-state index contributed by atoms with van der Waals surface area (Å²) in [5, 5.41) is 9.28. The molecular weight excluding hydrogens is 245 g/mol. The van der Waals surface area contributed by atoms with Gasteiger partial charge in [-0.25, -0.2) is 9.18 Å². The molecule has 0 unspecified atom stereocenters. The molecule has 0 aliphatic carbocycles. The van der Waals surface area contributed by atoms with E-state index in [0.717, 1.165) is 6.07 Å². The topological polar surface area (TPSA) is 53.1 Å². The Kier molecular flexibility index (Phi) is 2.90. The zero-order valence-corrected chi connectivity index (χ0v) is 9.68. The Morgan fingerprint density at radius 1 is 1.47 bits per heavy atom. The molecule has 0 amide bonds. The second kappa shape index (κ2) is 4.22. The number of halogens is 2. The number of carboxylic acid groups (broad SMARTS) is 1. The van der Waals surface area contributed by atoms with Crippen LogP contribution in [-0.2, 0) is 0 Å². The molecule has 0 radical (unpaired) electrons. The SMILES string of the molecule is Cc1c[nH]c(C(=O)O)c1-c1ccc(Cl)cc1F. The van der Waals surface area contributed by atoms with Crippen LogP contribution in [0.4, 0.5) is 4.39 Å². The van der Waals surface area contributed by atoms with Crippen molar-refractivity contribution in [2.45, 2.75) is 6.92 Å². The van der Waals surface area contributed by atoms with E-state index in [2.05, 4.69) is 4.98 Å². The smallest absolute Gasteiger partial charge is 0.352 e. The van der Waals surface area contributed by atoms with E-state index in [-0.39, 0.29) is 16.3 Å². The average Bonchev–Trinajstić information content (AvgIpc) is 2.60. The van der Waals surface area contributed by atoms with E-state index >= 15 is 0 Å². The molecule has 5 heteroatoms. The molecule has 0 bridgehead atoms. The van der Waals surface area contributed by atoms with Gasteiger partial charge in [0.25, 0.3) is 0 Å². The van der Waals surface area contributed by atoms with E-state index in [9.17, 15) is 9.18 Å². The number of aromatic nitrogens is 1. The quantitative estimate of drug-likeness (QED) is 0.861. The predicted octanol–water partition coefficient (Wildman–Crippen LogP) is 3.48. The van der Waals surface area contributed by atoms with Crippen LogP contribution < -0.4 is 0 Å². The van der Waals surface area contributed by atoms with E-state index in [0.29, 0.717) is 11.1 Å². The number of rotatable bonds is 2. The molecule has 1 aromatic heterocycles. The number of aromatic amines is 1. The highest BCUT2D eigenvalue weighted by molar-refractivity contribution is 6.30. The van der Waals surface area contributed by atoms with Gasteiger partial charge in [-0.1, -0.05) is 11.6 Å². The minimum Gasteiger partial charge on any atom is -0.477 e. The van der Waals surface area contributed by atoms with E-state index in [1.165, 1.54) is 18.3 Å².